The summed E-state index contributed by atoms with van der Waals surface area (Å²) in [5.74, 6) is -0.700. The largest absolute Gasteiger partial charge is 0.397 e. The maximum absolute atomic E-state index is 13.1. The molecule has 8 atom stereocenters. The van der Waals surface area contributed by atoms with Gasteiger partial charge in [0.15, 0.2) is 6.29 Å². The van der Waals surface area contributed by atoms with E-state index < -0.39 is 78.5 Å². The Bertz CT molecular complexity index is 1140. The summed E-state index contributed by atoms with van der Waals surface area (Å²) >= 11 is 0. The van der Waals surface area contributed by atoms with Crippen molar-refractivity contribution in [3.8, 4) is 0 Å². The molecule has 8 unspecified atom stereocenters. The molecule has 7 N–H and O–H groups in total. The lowest BCUT2D eigenvalue weighted by Crippen LogP contribution is -2.61. The molecule has 14 heteroatoms. The lowest BCUT2D eigenvalue weighted by Gasteiger charge is -2.41. The van der Waals surface area contributed by atoms with Crippen molar-refractivity contribution in [1.29, 1.82) is 0 Å². The molecule has 0 bridgehead atoms. The van der Waals surface area contributed by atoms with Crippen LogP contribution in [0.1, 0.15) is 213 Å². The molecular weight excluding hydrogens is 791 g/mol. The number of carbonyl (C=O) groups is 1. The van der Waals surface area contributed by atoms with E-state index in [1.165, 1.54) is 147 Å². The van der Waals surface area contributed by atoms with Gasteiger partial charge >= 0.3 is 10.4 Å². The number of carbonyl (C=O) groups excluding carboxylic acids is 1. The SMILES string of the molecule is CCCCCCCCCCC/C=C/C(O)C(COC1OC(CO)C(O)C(OS(=O)(=O)O)C1O)NC(=O)C(O)CCCCCCCCCCCCCCCCCCCCCC. The van der Waals surface area contributed by atoms with Gasteiger partial charge in [-0.3, -0.25) is 9.35 Å². The summed E-state index contributed by atoms with van der Waals surface area (Å²) in [6.07, 6.45) is 28.7. The van der Waals surface area contributed by atoms with Crippen molar-refractivity contribution < 1.29 is 57.0 Å². The van der Waals surface area contributed by atoms with Gasteiger partial charge in [0.05, 0.1) is 25.4 Å². The second-order valence-corrected chi connectivity index (χ2v) is 18.2. The summed E-state index contributed by atoms with van der Waals surface area (Å²) in [4.78, 5) is 13.1. The number of allylic oxidation sites excluding steroid dienone is 1. The van der Waals surface area contributed by atoms with E-state index in [0.717, 1.165) is 38.5 Å². The summed E-state index contributed by atoms with van der Waals surface area (Å²) in [5.41, 5.74) is 0. The lowest BCUT2D eigenvalue weighted by molar-refractivity contribution is -0.298. The van der Waals surface area contributed by atoms with Crippen molar-refractivity contribution >= 4 is 16.3 Å². The Morgan fingerprint density at radius 1 is 0.667 bits per heavy atom. The van der Waals surface area contributed by atoms with Crippen LogP contribution in [0.2, 0.25) is 0 Å². The van der Waals surface area contributed by atoms with Gasteiger partial charge in [-0.25, -0.2) is 4.18 Å². The topological polar surface area (TPSA) is 212 Å². The molecular formula is C46H89NO12S. The smallest absolute Gasteiger partial charge is 0.394 e. The first-order valence-electron chi connectivity index (χ1n) is 24.2. The molecule has 0 aromatic carbocycles. The third-order valence-corrected chi connectivity index (χ3v) is 12.1. The summed E-state index contributed by atoms with van der Waals surface area (Å²) in [5, 5.41) is 55.2. The maximum atomic E-state index is 13.1. The Labute approximate surface area is 364 Å². The number of ether oxygens (including phenoxy) is 2. The molecule has 356 valence electrons. The number of unbranched alkanes of at least 4 members (excludes halogenated alkanes) is 28. The minimum absolute atomic E-state index is 0.248. The molecule has 1 saturated heterocycles. The highest BCUT2D eigenvalue weighted by atomic mass is 32.3. The molecule has 1 fully saturated rings. The predicted molar refractivity (Wildman–Crippen MR) is 238 cm³/mol. The second kappa shape index (κ2) is 37.2. The van der Waals surface area contributed by atoms with Crippen molar-refractivity contribution in [2.24, 2.45) is 0 Å². The average molecular weight is 880 g/mol. The molecule has 0 aromatic heterocycles. The second-order valence-electron chi connectivity index (χ2n) is 17.2. The van der Waals surface area contributed by atoms with E-state index in [2.05, 4.69) is 23.3 Å². The van der Waals surface area contributed by atoms with Gasteiger partial charge in [-0.2, -0.15) is 8.42 Å². The Morgan fingerprint density at radius 3 is 1.50 bits per heavy atom. The van der Waals surface area contributed by atoms with E-state index >= 15 is 0 Å². The molecule has 1 rings (SSSR count). The number of rotatable bonds is 41. The van der Waals surface area contributed by atoms with Gasteiger partial charge in [0.2, 0.25) is 5.91 Å². The van der Waals surface area contributed by atoms with Crippen LogP contribution in [-0.4, -0.2) is 107 Å². The molecule has 13 nitrogen and oxygen atoms in total. The Kier molecular flexibility index (Phi) is 35.2. The van der Waals surface area contributed by atoms with Gasteiger partial charge < -0.3 is 40.3 Å². The standard InChI is InChI=1S/C46H89NO12S/c1-3-5-7-9-11-13-15-16-17-18-19-20-21-22-23-25-27-29-31-33-35-40(50)45(53)47-38(39(49)34-32-30-28-26-24-14-12-10-8-6-4-2)37-57-46-43(52)44(59-60(54,55)56)42(51)41(36-48)58-46/h32,34,38-44,46,48-52H,3-31,33,35-37H2,1-2H3,(H,47,53)(H,54,55,56)/b34-32+. The highest BCUT2D eigenvalue weighted by Crippen LogP contribution is 2.26. The van der Waals surface area contributed by atoms with Gasteiger partial charge in [0.1, 0.15) is 30.5 Å². The summed E-state index contributed by atoms with van der Waals surface area (Å²) in [6.45, 7) is 3.21. The molecule has 0 aromatic rings. The quantitative estimate of drug-likeness (QED) is 0.0175. The number of aliphatic hydroxyl groups is 5. The first kappa shape index (κ1) is 56.8. The maximum Gasteiger partial charge on any atom is 0.397 e. The van der Waals surface area contributed by atoms with Crippen LogP contribution in [0.3, 0.4) is 0 Å². The molecule has 1 amide bonds. The molecule has 1 aliphatic heterocycles. The zero-order valence-electron chi connectivity index (χ0n) is 37.6. The highest BCUT2D eigenvalue weighted by Gasteiger charge is 2.48. The number of aliphatic hydroxyl groups excluding tert-OH is 5. The summed E-state index contributed by atoms with van der Waals surface area (Å²) in [6, 6.07) is -1.11. The molecule has 60 heavy (non-hydrogen) atoms. The van der Waals surface area contributed by atoms with Crippen LogP contribution in [0.15, 0.2) is 12.2 Å². The summed E-state index contributed by atoms with van der Waals surface area (Å²) < 4.78 is 47.5. The first-order valence-corrected chi connectivity index (χ1v) is 25.5. The highest BCUT2D eigenvalue weighted by molar-refractivity contribution is 7.80. The monoisotopic (exact) mass is 880 g/mol. The fourth-order valence-electron chi connectivity index (χ4n) is 7.81. The molecule has 0 radical (unpaired) electrons. The molecule has 0 spiro atoms. The third kappa shape index (κ3) is 29.2. The van der Waals surface area contributed by atoms with E-state index in [1.807, 2.05) is 6.08 Å². The minimum atomic E-state index is -5.11. The van der Waals surface area contributed by atoms with Gasteiger partial charge in [-0.15, -0.1) is 0 Å². The fourth-order valence-corrected chi connectivity index (χ4v) is 8.32. The van der Waals surface area contributed by atoms with E-state index in [-0.39, 0.29) is 6.42 Å². The van der Waals surface area contributed by atoms with Crippen molar-refractivity contribution in [3.63, 3.8) is 0 Å². The molecule has 0 saturated carbocycles. The zero-order valence-corrected chi connectivity index (χ0v) is 38.5. The predicted octanol–water partition coefficient (Wildman–Crippen LogP) is 8.53. The first-order chi connectivity index (χ1) is 28.9. The van der Waals surface area contributed by atoms with Crippen LogP contribution in [0, 0.1) is 0 Å². The number of hydrogen-bond donors (Lipinski definition) is 7. The van der Waals surface area contributed by atoms with Crippen molar-refractivity contribution in [3.05, 3.63) is 12.2 Å². The van der Waals surface area contributed by atoms with E-state index in [4.69, 9.17) is 9.47 Å². The molecule has 0 aliphatic carbocycles. The van der Waals surface area contributed by atoms with Gasteiger partial charge in [0, 0.05) is 0 Å². The lowest BCUT2D eigenvalue weighted by atomic mass is 9.99. The van der Waals surface area contributed by atoms with E-state index in [9.17, 15) is 43.3 Å². The number of nitrogens with one attached hydrogen (secondary N) is 1. The van der Waals surface area contributed by atoms with E-state index in [1.54, 1.807) is 0 Å². The molecule has 1 heterocycles. The number of hydrogen-bond acceptors (Lipinski definition) is 11. The fraction of sp³-hybridized carbons (Fsp3) is 0.935. The average Bonchev–Trinajstić information content (AvgIpc) is 3.22. The van der Waals surface area contributed by atoms with Crippen molar-refractivity contribution in [1.82, 2.24) is 5.32 Å². The Hall–Kier alpha value is -1.20. The zero-order chi connectivity index (χ0) is 44.3. The van der Waals surface area contributed by atoms with Gasteiger partial charge in [-0.1, -0.05) is 206 Å². The Morgan fingerprint density at radius 2 is 1.08 bits per heavy atom. The molecule has 1 aliphatic rings. The van der Waals surface area contributed by atoms with Gasteiger partial charge in [0.25, 0.3) is 0 Å². The van der Waals surface area contributed by atoms with Crippen molar-refractivity contribution in [2.45, 2.75) is 262 Å². The van der Waals surface area contributed by atoms with Crippen molar-refractivity contribution in [2.75, 3.05) is 13.2 Å². The van der Waals surface area contributed by atoms with Crippen LogP contribution in [-0.2, 0) is 28.9 Å². The van der Waals surface area contributed by atoms with Crippen LogP contribution < -0.4 is 5.32 Å². The van der Waals surface area contributed by atoms with Crippen LogP contribution >= 0.6 is 0 Å². The van der Waals surface area contributed by atoms with Crippen LogP contribution in [0.4, 0.5) is 0 Å². The normalized spacial score (nSPS) is 21.4. The Balaban J connectivity index is 2.48. The summed E-state index contributed by atoms with van der Waals surface area (Å²) in [7, 11) is -5.11. The minimum Gasteiger partial charge on any atom is -0.394 e. The van der Waals surface area contributed by atoms with Crippen LogP contribution in [0.5, 0.6) is 0 Å². The van der Waals surface area contributed by atoms with Gasteiger partial charge in [-0.05, 0) is 19.3 Å². The van der Waals surface area contributed by atoms with E-state index in [0.29, 0.717) is 12.8 Å². The van der Waals surface area contributed by atoms with Crippen LogP contribution in [0.25, 0.3) is 0 Å². The number of amides is 1. The third-order valence-electron chi connectivity index (χ3n) is 11.7.